The van der Waals surface area contributed by atoms with E-state index in [1.807, 2.05) is 0 Å². The number of imidazole rings is 1. The number of benzene rings is 1. The summed E-state index contributed by atoms with van der Waals surface area (Å²) in [4.78, 5) is 54.4. The Balaban J connectivity index is 2.45. The predicted molar refractivity (Wildman–Crippen MR) is 190 cm³/mol. The molecule has 0 saturated carbocycles. The zero-order valence-corrected chi connectivity index (χ0v) is 32.3. The maximum atomic E-state index is 12.9. The van der Waals surface area contributed by atoms with E-state index in [-0.39, 0.29) is 31.9 Å². The summed E-state index contributed by atoms with van der Waals surface area (Å²) in [5.41, 5.74) is -1.32. The molecule has 0 aliphatic heterocycles. The zero-order chi connectivity index (χ0) is 38.9. The summed E-state index contributed by atoms with van der Waals surface area (Å²) in [7, 11) is 1.74. The first kappa shape index (κ1) is 42.6. The Kier molecular flexibility index (Phi) is 14.3. The van der Waals surface area contributed by atoms with E-state index in [1.165, 1.54) is 0 Å². The van der Waals surface area contributed by atoms with Gasteiger partial charge in [-0.1, -0.05) is 0 Å². The summed E-state index contributed by atoms with van der Waals surface area (Å²) in [5, 5.41) is 15.7. The first-order valence-corrected chi connectivity index (χ1v) is 16.8. The van der Waals surface area contributed by atoms with Crippen molar-refractivity contribution >= 4 is 24.2 Å². The summed E-state index contributed by atoms with van der Waals surface area (Å²) >= 11 is 0. The molecule has 2 aromatic rings. The smallest absolute Gasteiger partial charge is 0.437 e. The maximum Gasteiger partial charge on any atom is 0.437 e. The first-order chi connectivity index (χ1) is 23.2. The second kappa shape index (κ2) is 17.1. The highest BCUT2D eigenvalue weighted by Gasteiger charge is 2.25. The Morgan fingerprint density at radius 1 is 0.745 bits per heavy atom. The minimum Gasteiger partial charge on any atom is -0.490 e. The average Bonchev–Trinajstić information content (AvgIpc) is 3.23. The number of amides is 3. The molecule has 1 aromatic heterocycles. The van der Waals surface area contributed by atoms with E-state index < -0.39 is 58.7 Å². The predicted octanol–water partition coefficient (Wildman–Crippen LogP) is 5.08. The van der Waals surface area contributed by atoms with Crippen LogP contribution in [0.15, 0.2) is 35.5 Å². The van der Waals surface area contributed by atoms with Crippen LogP contribution in [0.1, 0.15) is 83.1 Å². The fourth-order valence-electron chi connectivity index (χ4n) is 4.40. The Morgan fingerprint density at radius 2 is 1.22 bits per heavy atom. The minimum atomic E-state index is -1.46. The number of aromatic nitrogens is 2. The van der Waals surface area contributed by atoms with Crippen LogP contribution in [-0.2, 0) is 37.3 Å². The van der Waals surface area contributed by atoms with Crippen LogP contribution in [0.2, 0.25) is 0 Å². The first-order valence-electron chi connectivity index (χ1n) is 16.8. The number of aliphatic hydroxyl groups excluding tert-OH is 1. The molecular formula is C36H57N5O10. The van der Waals surface area contributed by atoms with Crippen molar-refractivity contribution in [3.05, 3.63) is 36.1 Å². The monoisotopic (exact) mass is 719 g/mol. The third-order valence-corrected chi connectivity index (χ3v) is 6.34. The molecule has 286 valence electrons. The van der Waals surface area contributed by atoms with Crippen LogP contribution in [0.3, 0.4) is 0 Å². The molecule has 51 heavy (non-hydrogen) atoms. The van der Waals surface area contributed by atoms with Gasteiger partial charge in [0.05, 0.1) is 5.69 Å². The van der Waals surface area contributed by atoms with Gasteiger partial charge in [0.2, 0.25) is 5.62 Å². The van der Waals surface area contributed by atoms with Crippen LogP contribution >= 0.6 is 0 Å². The number of carbonyl (C=O) groups excluding carboxylic acids is 4. The third kappa shape index (κ3) is 16.4. The number of nitrogens with zero attached hydrogens (tertiary/aromatic N) is 3. The number of ether oxygens (including phenoxy) is 5. The van der Waals surface area contributed by atoms with Crippen molar-refractivity contribution in [3.63, 3.8) is 0 Å². The molecule has 0 saturated heterocycles. The summed E-state index contributed by atoms with van der Waals surface area (Å²) in [6, 6.07) is 6.91. The lowest BCUT2D eigenvalue weighted by Gasteiger charge is -2.24. The lowest BCUT2D eigenvalue weighted by Crippen LogP contribution is -2.42. The highest BCUT2D eigenvalue weighted by Crippen LogP contribution is 2.22. The second-order valence-electron chi connectivity index (χ2n) is 16.1. The quantitative estimate of drug-likeness (QED) is 0.209. The molecule has 15 nitrogen and oxygen atoms in total. The number of hydrogen-bond donors (Lipinski definition) is 3. The van der Waals surface area contributed by atoms with Gasteiger partial charge in [0.15, 0.2) is 6.10 Å². The molecule has 3 amide bonds. The van der Waals surface area contributed by atoms with Crippen molar-refractivity contribution in [2.24, 2.45) is 18.0 Å². The van der Waals surface area contributed by atoms with Gasteiger partial charge in [-0.3, -0.25) is 0 Å². The van der Waals surface area contributed by atoms with Crippen molar-refractivity contribution in [2.45, 2.75) is 118 Å². The molecule has 15 heteroatoms. The molecule has 0 aliphatic carbocycles. The number of nitrogens with one attached hydrogen (secondary N) is 2. The highest BCUT2D eigenvalue weighted by molar-refractivity contribution is 5.75. The van der Waals surface area contributed by atoms with Gasteiger partial charge in [-0.25, -0.2) is 19.2 Å². The fourth-order valence-corrected chi connectivity index (χ4v) is 4.40. The normalized spacial score (nSPS) is 13.4. The molecule has 0 fully saturated rings. The molecule has 1 aromatic carbocycles. The van der Waals surface area contributed by atoms with Crippen molar-refractivity contribution in [1.82, 2.24) is 19.8 Å². The van der Waals surface area contributed by atoms with Gasteiger partial charge in [-0.05, 0) is 113 Å². The van der Waals surface area contributed by atoms with Gasteiger partial charge >= 0.3 is 24.2 Å². The number of alkyl carbamates (subject to hydrolysis) is 2. The van der Waals surface area contributed by atoms with Gasteiger partial charge in [0.25, 0.3) is 0 Å². The number of hydrogen-bond acceptors (Lipinski definition) is 10. The standard InChI is InChI=1S/C36H57N5O10/c1-33(2,3)48-28(43)27(42)22-47-25-16-14-24(15-17-25)26-21-41(29(40(26)13)39-32(46)51-36(10,11)12)20-23(18-37-30(44)49-34(4,5)6)19-38-31(45)50-35(7,8)9/h14-17,21,23,27,42H,18-20,22H2,1-13H3,(H,37,44)(H,38,45)/t27-/m1/s1. The molecular weight excluding hydrogens is 662 g/mol. The van der Waals surface area contributed by atoms with Gasteiger partial charge < -0.3 is 48.6 Å². The van der Waals surface area contributed by atoms with Crippen molar-refractivity contribution in [3.8, 4) is 17.0 Å². The fraction of sp³-hybridized carbons (Fsp3) is 0.639. The lowest BCUT2D eigenvalue weighted by molar-refractivity contribution is -0.166. The third-order valence-electron chi connectivity index (χ3n) is 6.34. The van der Waals surface area contributed by atoms with Gasteiger partial charge in [0, 0.05) is 38.8 Å². The van der Waals surface area contributed by atoms with E-state index in [4.69, 9.17) is 23.7 Å². The molecule has 0 bridgehead atoms. The maximum absolute atomic E-state index is 12.9. The molecule has 0 unspecified atom stereocenters. The summed E-state index contributed by atoms with van der Waals surface area (Å²) in [6.45, 7) is 21.0. The second-order valence-corrected chi connectivity index (χ2v) is 16.1. The van der Waals surface area contributed by atoms with Crippen molar-refractivity contribution in [1.29, 1.82) is 0 Å². The van der Waals surface area contributed by atoms with Gasteiger partial charge in [-0.2, -0.15) is 0 Å². The number of aliphatic hydroxyl groups is 1. The number of carbonyl (C=O) groups is 4. The van der Waals surface area contributed by atoms with Crippen LogP contribution in [0.5, 0.6) is 5.75 Å². The topological polar surface area (TPSA) is 181 Å². The van der Waals surface area contributed by atoms with Crippen LogP contribution in [0.4, 0.5) is 14.4 Å². The Bertz CT molecular complexity index is 1530. The molecule has 0 spiro atoms. The number of esters is 1. The van der Waals surface area contributed by atoms with Crippen LogP contribution < -0.4 is 21.0 Å². The Morgan fingerprint density at radius 3 is 1.67 bits per heavy atom. The summed E-state index contributed by atoms with van der Waals surface area (Å²) in [6.07, 6.45) is -1.72. The molecule has 1 heterocycles. The highest BCUT2D eigenvalue weighted by atomic mass is 16.6. The average molecular weight is 720 g/mol. The molecule has 3 N–H and O–H groups in total. The molecule has 0 aliphatic rings. The van der Waals surface area contributed by atoms with E-state index in [1.54, 1.807) is 130 Å². The van der Waals surface area contributed by atoms with Crippen molar-refractivity contribution in [2.75, 3.05) is 19.7 Å². The molecule has 0 radical (unpaired) electrons. The molecule has 2 rings (SSSR count). The van der Waals surface area contributed by atoms with Gasteiger partial charge in [-0.15, -0.1) is 4.99 Å². The SMILES string of the molecule is Cn1c(-c2ccc(OC[C@@H](O)C(=O)OC(C)(C)C)cc2)cn(CC(CNC(=O)OC(C)(C)C)CNC(=O)OC(C)(C)C)c1=NC(=O)OC(C)(C)C. The largest absolute Gasteiger partial charge is 0.490 e. The summed E-state index contributed by atoms with van der Waals surface area (Å²) in [5.74, 6) is -0.789. The van der Waals surface area contributed by atoms with E-state index in [0.29, 0.717) is 11.4 Å². The van der Waals surface area contributed by atoms with Crippen LogP contribution in [0.25, 0.3) is 11.3 Å². The Hall–Kier alpha value is -4.53. The number of rotatable bonds is 11. The van der Waals surface area contributed by atoms with Crippen LogP contribution in [-0.4, -0.2) is 86.7 Å². The van der Waals surface area contributed by atoms with E-state index in [0.717, 1.165) is 5.56 Å². The molecule has 1 atom stereocenters. The minimum absolute atomic E-state index is 0.106. The van der Waals surface area contributed by atoms with E-state index in [2.05, 4.69) is 15.6 Å². The zero-order valence-electron chi connectivity index (χ0n) is 32.3. The lowest BCUT2D eigenvalue weighted by atomic mass is 10.1. The Labute approximate surface area is 300 Å². The van der Waals surface area contributed by atoms with E-state index >= 15 is 0 Å². The summed E-state index contributed by atoms with van der Waals surface area (Å²) < 4.78 is 30.6. The van der Waals surface area contributed by atoms with E-state index in [9.17, 15) is 24.3 Å². The van der Waals surface area contributed by atoms with Crippen molar-refractivity contribution < 1.29 is 48.0 Å². The van der Waals surface area contributed by atoms with Gasteiger partial charge in [0.1, 0.15) is 34.8 Å². The van der Waals surface area contributed by atoms with Crippen LogP contribution in [0, 0.1) is 5.92 Å².